The highest BCUT2D eigenvalue weighted by Gasteiger charge is 2.20. The number of hydrogen-bond acceptors (Lipinski definition) is 3. The Hall–Kier alpha value is -1.89. The van der Waals surface area contributed by atoms with Gasteiger partial charge in [-0.1, -0.05) is 17.8 Å². The predicted octanol–water partition coefficient (Wildman–Crippen LogP) is 3.24. The lowest BCUT2D eigenvalue weighted by atomic mass is 10.2. The molecule has 1 heterocycles. The summed E-state index contributed by atoms with van der Waals surface area (Å²) in [6.07, 6.45) is 1.55. The van der Waals surface area contributed by atoms with Crippen LogP contribution in [0.2, 0.25) is 0 Å². The fourth-order valence-corrected chi connectivity index (χ4v) is 2.63. The van der Waals surface area contributed by atoms with Crippen molar-refractivity contribution in [2.75, 3.05) is 5.75 Å². The maximum absolute atomic E-state index is 14.0. The second kappa shape index (κ2) is 5.62. The molecule has 2 rings (SSSR count). The van der Waals surface area contributed by atoms with Crippen molar-refractivity contribution < 1.29 is 18.7 Å². The Balaban J connectivity index is 2.65. The normalized spacial score (nSPS) is 12.6. The number of fused-ring (bicyclic) bond motifs is 1. The maximum atomic E-state index is 14.0. The second-order valence-corrected chi connectivity index (χ2v) is 5.09. The highest BCUT2D eigenvalue weighted by atomic mass is 32.2. The monoisotopic (exact) mass is 298 g/mol. The number of halogens is 2. The van der Waals surface area contributed by atoms with Crippen LogP contribution in [0.15, 0.2) is 29.9 Å². The van der Waals surface area contributed by atoms with Crippen molar-refractivity contribution in [1.82, 2.24) is 9.55 Å². The summed E-state index contributed by atoms with van der Waals surface area (Å²) in [6.45, 7) is 5.36. The van der Waals surface area contributed by atoms with Crippen LogP contribution >= 0.6 is 11.8 Å². The molecule has 1 unspecified atom stereocenters. The van der Waals surface area contributed by atoms with Gasteiger partial charge in [-0.2, -0.15) is 0 Å². The molecule has 0 aliphatic heterocycles. The summed E-state index contributed by atoms with van der Waals surface area (Å²) in [5.74, 6) is -3.18. The van der Waals surface area contributed by atoms with E-state index in [9.17, 15) is 13.6 Å². The van der Waals surface area contributed by atoms with Crippen molar-refractivity contribution in [2.45, 2.75) is 18.1 Å². The van der Waals surface area contributed by atoms with Crippen LogP contribution in [0.5, 0.6) is 0 Å². The van der Waals surface area contributed by atoms with Gasteiger partial charge >= 0.3 is 5.97 Å². The Labute approximate surface area is 118 Å². The van der Waals surface area contributed by atoms with Crippen LogP contribution in [0.1, 0.15) is 13.0 Å². The number of carbonyl (C=O) groups is 1. The fraction of sp³-hybridized carbons (Fsp3) is 0.231. The number of aromatic nitrogens is 2. The van der Waals surface area contributed by atoms with Gasteiger partial charge in [0.1, 0.15) is 5.52 Å². The summed E-state index contributed by atoms with van der Waals surface area (Å²) >= 11 is 0.955. The molecule has 1 atom stereocenters. The molecule has 7 heteroatoms. The van der Waals surface area contributed by atoms with E-state index in [0.29, 0.717) is 5.16 Å². The number of imidazole rings is 1. The first-order chi connectivity index (χ1) is 9.45. The van der Waals surface area contributed by atoms with E-state index in [-0.39, 0.29) is 22.8 Å². The van der Waals surface area contributed by atoms with Crippen molar-refractivity contribution in [3.05, 3.63) is 36.4 Å². The van der Waals surface area contributed by atoms with Gasteiger partial charge in [-0.05, 0) is 19.1 Å². The third-order valence-electron chi connectivity index (χ3n) is 2.78. The number of carboxylic acid groups (broad SMARTS) is 1. The highest BCUT2D eigenvalue weighted by molar-refractivity contribution is 7.99. The van der Waals surface area contributed by atoms with Crippen LogP contribution in [-0.2, 0) is 4.79 Å². The summed E-state index contributed by atoms with van der Waals surface area (Å²) in [6, 6.07) is 2.02. The van der Waals surface area contributed by atoms with E-state index >= 15 is 0 Å². The lowest BCUT2D eigenvalue weighted by Gasteiger charge is -2.13. The van der Waals surface area contributed by atoms with E-state index < -0.39 is 17.6 Å². The van der Waals surface area contributed by atoms with Gasteiger partial charge in [0.05, 0.1) is 17.3 Å². The minimum Gasteiger partial charge on any atom is -0.481 e. The Morgan fingerprint density at radius 2 is 2.30 bits per heavy atom. The van der Waals surface area contributed by atoms with Crippen LogP contribution in [0.25, 0.3) is 11.0 Å². The molecule has 2 aromatic rings. The molecule has 0 aliphatic carbocycles. The number of nitrogens with zero attached hydrogens (tertiary/aromatic N) is 2. The van der Waals surface area contributed by atoms with Crippen LogP contribution in [0.4, 0.5) is 8.78 Å². The van der Waals surface area contributed by atoms with Crippen molar-refractivity contribution in [3.63, 3.8) is 0 Å². The third kappa shape index (κ3) is 2.53. The van der Waals surface area contributed by atoms with E-state index in [2.05, 4.69) is 11.6 Å². The van der Waals surface area contributed by atoms with Crippen LogP contribution in [-0.4, -0.2) is 26.4 Å². The molecule has 0 fully saturated rings. The summed E-state index contributed by atoms with van der Waals surface area (Å²) in [5, 5.41) is 9.04. The van der Waals surface area contributed by atoms with Crippen LogP contribution < -0.4 is 0 Å². The minimum absolute atomic E-state index is 0.0188. The molecule has 0 saturated carbocycles. The second-order valence-electron chi connectivity index (χ2n) is 4.15. The molecule has 0 spiro atoms. The Morgan fingerprint density at radius 1 is 1.60 bits per heavy atom. The zero-order valence-corrected chi connectivity index (χ0v) is 11.5. The zero-order valence-electron chi connectivity index (χ0n) is 10.6. The molecule has 1 aromatic heterocycles. The molecule has 0 aliphatic rings. The van der Waals surface area contributed by atoms with Crippen LogP contribution in [0.3, 0.4) is 0 Å². The van der Waals surface area contributed by atoms with Gasteiger partial charge in [0.2, 0.25) is 0 Å². The lowest BCUT2D eigenvalue weighted by Crippen LogP contribution is -2.07. The Bertz CT molecular complexity index is 685. The molecule has 20 heavy (non-hydrogen) atoms. The molecule has 0 amide bonds. The topological polar surface area (TPSA) is 55.1 Å². The highest BCUT2D eigenvalue weighted by Crippen LogP contribution is 2.30. The van der Waals surface area contributed by atoms with Crippen molar-refractivity contribution >= 4 is 28.8 Å². The van der Waals surface area contributed by atoms with E-state index in [4.69, 9.17) is 5.11 Å². The quantitative estimate of drug-likeness (QED) is 0.680. The van der Waals surface area contributed by atoms with Crippen molar-refractivity contribution in [3.8, 4) is 0 Å². The number of carboxylic acids is 1. The average molecular weight is 298 g/mol. The van der Waals surface area contributed by atoms with E-state index in [1.54, 1.807) is 13.0 Å². The summed E-state index contributed by atoms with van der Waals surface area (Å²) in [5.41, 5.74) is 0.302. The predicted molar refractivity (Wildman–Crippen MR) is 72.9 cm³/mol. The largest absolute Gasteiger partial charge is 0.481 e. The van der Waals surface area contributed by atoms with Gasteiger partial charge in [0, 0.05) is 0 Å². The van der Waals surface area contributed by atoms with E-state index in [1.807, 2.05) is 0 Å². The van der Waals surface area contributed by atoms with E-state index in [1.165, 1.54) is 10.6 Å². The Kier molecular flexibility index (Phi) is 4.08. The SMILES string of the molecule is C=CC(C)n1c(SCC(=O)O)nc2ccc(F)c(F)c21. The van der Waals surface area contributed by atoms with Crippen molar-refractivity contribution in [2.24, 2.45) is 0 Å². The van der Waals surface area contributed by atoms with Gasteiger partial charge in [-0.15, -0.1) is 6.58 Å². The maximum Gasteiger partial charge on any atom is 0.313 e. The van der Waals surface area contributed by atoms with Crippen molar-refractivity contribution in [1.29, 1.82) is 0 Å². The molecule has 0 bridgehead atoms. The molecule has 4 nitrogen and oxygen atoms in total. The molecular formula is C13H12F2N2O2S. The molecule has 1 N–H and O–H groups in total. The van der Waals surface area contributed by atoms with Gasteiger partial charge in [-0.3, -0.25) is 4.79 Å². The standard InChI is InChI=1S/C13H12F2N2O2S/c1-3-7(2)17-12-9(5-4-8(14)11(12)15)16-13(17)20-6-10(18)19/h3-5,7H,1,6H2,2H3,(H,18,19). The third-order valence-corrected chi connectivity index (χ3v) is 3.72. The zero-order chi connectivity index (χ0) is 14.9. The minimum atomic E-state index is -1.01. The lowest BCUT2D eigenvalue weighted by molar-refractivity contribution is -0.133. The summed E-state index contributed by atoms with van der Waals surface area (Å²) < 4.78 is 28.8. The first-order valence-corrected chi connectivity index (χ1v) is 6.77. The number of hydrogen-bond donors (Lipinski definition) is 1. The number of rotatable bonds is 5. The molecule has 1 aromatic carbocycles. The number of thioether (sulfide) groups is 1. The smallest absolute Gasteiger partial charge is 0.313 e. The first-order valence-electron chi connectivity index (χ1n) is 5.78. The van der Waals surface area contributed by atoms with Gasteiger partial charge < -0.3 is 9.67 Å². The van der Waals surface area contributed by atoms with Gasteiger partial charge in [-0.25, -0.2) is 13.8 Å². The molecule has 0 saturated heterocycles. The number of benzene rings is 1. The number of allylic oxidation sites excluding steroid dienone is 1. The van der Waals surface area contributed by atoms with Gasteiger partial charge in [0.15, 0.2) is 16.8 Å². The molecular weight excluding hydrogens is 286 g/mol. The van der Waals surface area contributed by atoms with Gasteiger partial charge in [0.25, 0.3) is 0 Å². The molecule has 106 valence electrons. The first kappa shape index (κ1) is 14.5. The fourth-order valence-electron chi connectivity index (χ4n) is 1.81. The van der Waals surface area contributed by atoms with Crippen LogP contribution in [0, 0.1) is 11.6 Å². The summed E-state index contributed by atoms with van der Waals surface area (Å²) in [7, 11) is 0. The Morgan fingerprint density at radius 3 is 2.90 bits per heavy atom. The number of aliphatic carboxylic acids is 1. The average Bonchev–Trinajstić information content (AvgIpc) is 2.79. The van der Waals surface area contributed by atoms with E-state index in [0.717, 1.165) is 17.8 Å². The molecule has 0 radical (unpaired) electrons. The summed E-state index contributed by atoms with van der Waals surface area (Å²) in [4.78, 5) is 14.8.